The second-order valence-corrected chi connectivity index (χ2v) is 7.96. The fourth-order valence-corrected chi connectivity index (χ4v) is 3.97. The van der Waals surface area contributed by atoms with Crippen LogP contribution in [0.5, 0.6) is 11.5 Å². The molecule has 1 N–H and O–H groups in total. The lowest BCUT2D eigenvalue weighted by Gasteiger charge is -2.19. The molecule has 0 radical (unpaired) electrons. The fraction of sp³-hybridized carbons (Fsp3) is 0.458. The summed E-state index contributed by atoms with van der Waals surface area (Å²) in [5, 5.41) is 3.77. The number of nitrogens with zero attached hydrogens (tertiary/aromatic N) is 1. The fourth-order valence-electron chi connectivity index (χ4n) is 3.69. The summed E-state index contributed by atoms with van der Waals surface area (Å²) in [5.41, 5.74) is 2.04. The van der Waals surface area contributed by atoms with Gasteiger partial charge in [-0.2, -0.15) is 0 Å². The zero-order chi connectivity index (χ0) is 21.5. The smallest absolute Gasteiger partial charge is 0.224 e. The van der Waals surface area contributed by atoms with Gasteiger partial charge >= 0.3 is 0 Å². The normalized spacial score (nSPS) is 17.6. The van der Waals surface area contributed by atoms with Gasteiger partial charge in [0.15, 0.2) is 11.5 Å². The molecule has 2 atom stereocenters. The minimum Gasteiger partial charge on any atom is -0.493 e. The number of hydrogen-bond acceptors (Lipinski definition) is 4. The lowest BCUT2D eigenvalue weighted by molar-refractivity contribution is -0.122. The van der Waals surface area contributed by atoms with Crippen LogP contribution in [0, 0.1) is 5.92 Å². The van der Waals surface area contributed by atoms with E-state index in [9.17, 15) is 4.79 Å². The van der Waals surface area contributed by atoms with Crippen LogP contribution in [-0.2, 0) is 11.3 Å². The maximum atomic E-state index is 12.5. The van der Waals surface area contributed by atoms with Crippen LogP contribution in [-0.4, -0.2) is 44.2 Å². The SMILES string of the molecule is CCN(CC)CCOc1ccc(CNC(=O)C2CC2c2ccccc2Cl)cc1OC. The number of hydrogen-bond donors (Lipinski definition) is 1. The molecule has 2 aromatic rings. The van der Waals surface area contributed by atoms with Crippen LogP contribution in [0.1, 0.15) is 37.3 Å². The Balaban J connectivity index is 1.51. The molecule has 30 heavy (non-hydrogen) atoms. The van der Waals surface area contributed by atoms with Crippen molar-refractivity contribution < 1.29 is 14.3 Å². The van der Waals surface area contributed by atoms with Crippen LogP contribution >= 0.6 is 11.6 Å². The first-order valence-corrected chi connectivity index (χ1v) is 11.0. The Kier molecular flexibility index (Phi) is 8.00. The van der Waals surface area contributed by atoms with Crippen molar-refractivity contribution in [3.8, 4) is 11.5 Å². The summed E-state index contributed by atoms with van der Waals surface area (Å²) >= 11 is 6.26. The number of carbonyl (C=O) groups excluding carboxylic acids is 1. The Morgan fingerprint density at radius 2 is 1.93 bits per heavy atom. The van der Waals surface area contributed by atoms with E-state index in [-0.39, 0.29) is 17.7 Å². The quantitative estimate of drug-likeness (QED) is 0.570. The van der Waals surface area contributed by atoms with Crippen molar-refractivity contribution in [1.82, 2.24) is 10.2 Å². The van der Waals surface area contributed by atoms with E-state index in [1.54, 1.807) is 7.11 Å². The lowest BCUT2D eigenvalue weighted by Crippen LogP contribution is -2.28. The Labute approximate surface area is 184 Å². The third-order valence-electron chi connectivity index (χ3n) is 5.69. The largest absolute Gasteiger partial charge is 0.493 e. The second-order valence-electron chi connectivity index (χ2n) is 7.55. The molecule has 0 saturated heterocycles. The zero-order valence-electron chi connectivity index (χ0n) is 18.0. The highest BCUT2D eigenvalue weighted by Crippen LogP contribution is 2.49. The number of nitrogens with one attached hydrogen (secondary N) is 1. The summed E-state index contributed by atoms with van der Waals surface area (Å²) in [5.74, 6) is 1.69. The van der Waals surface area contributed by atoms with E-state index in [1.165, 1.54) is 0 Å². The van der Waals surface area contributed by atoms with Gasteiger partial charge in [0.2, 0.25) is 5.91 Å². The highest BCUT2D eigenvalue weighted by Gasteiger charge is 2.44. The van der Waals surface area contributed by atoms with Crippen molar-refractivity contribution in [1.29, 1.82) is 0 Å². The maximum absolute atomic E-state index is 12.5. The average Bonchev–Trinajstić information content (AvgIpc) is 3.56. The van der Waals surface area contributed by atoms with E-state index >= 15 is 0 Å². The first-order chi connectivity index (χ1) is 14.6. The number of halogens is 1. The van der Waals surface area contributed by atoms with E-state index in [2.05, 4.69) is 24.1 Å². The number of ether oxygens (including phenoxy) is 2. The second kappa shape index (κ2) is 10.7. The molecule has 0 heterocycles. The number of rotatable bonds is 11. The molecule has 6 heteroatoms. The van der Waals surface area contributed by atoms with Crippen molar-refractivity contribution in [2.75, 3.05) is 33.4 Å². The van der Waals surface area contributed by atoms with Gasteiger partial charge in [0, 0.05) is 24.0 Å². The molecular formula is C24H31ClN2O3. The summed E-state index contributed by atoms with van der Waals surface area (Å²) in [7, 11) is 1.63. The van der Waals surface area contributed by atoms with E-state index in [0.29, 0.717) is 18.9 Å². The van der Waals surface area contributed by atoms with Gasteiger partial charge in [-0.3, -0.25) is 4.79 Å². The first kappa shape index (κ1) is 22.4. The minimum atomic E-state index is -0.00511. The van der Waals surface area contributed by atoms with Crippen LogP contribution in [0.25, 0.3) is 0 Å². The van der Waals surface area contributed by atoms with Crippen LogP contribution in [0.4, 0.5) is 0 Å². The first-order valence-electron chi connectivity index (χ1n) is 10.6. The number of carbonyl (C=O) groups is 1. The van der Waals surface area contributed by atoms with Crippen molar-refractivity contribution in [3.63, 3.8) is 0 Å². The summed E-state index contributed by atoms with van der Waals surface area (Å²) in [4.78, 5) is 14.9. The predicted molar refractivity (Wildman–Crippen MR) is 120 cm³/mol. The Morgan fingerprint density at radius 3 is 2.63 bits per heavy atom. The van der Waals surface area contributed by atoms with Crippen molar-refractivity contribution in [3.05, 3.63) is 58.6 Å². The molecule has 2 unspecified atom stereocenters. The molecule has 1 saturated carbocycles. The van der Waals surface area contributed by atoms with E-state index in [4.69, 9.17) is 21.1 Å². The number of methoxy groups -OCH3 is 1. The van der Waals surface area contributed by atoms with Crippen LogP contribution in [0.15, 0.2) is 42.5 Å². The molecule has 0 aromatic heterocycles. The van der Waals surface area contributed by atoms with Crippen LogP contribution < -0.4 is 14.8 Å². The Morgan fingerprint density at radius 1 is 1.17 bits per heavy atom. The van der Waals surface area contributed by atoms with Gasteiger partial charge in [-0.25, -0.2) is 0 Å². The molecule has 2 aromatic carbocycles. The number of likely N-dealkylation sites (N-methyl/N-ethyl adjacent to an activating group) is 1. The third-order valence-corrected chi connectivity index (χ3v) is 6.03. The summed E-state index contributed by atoms with van der Waals surface area (Å²) in [6, 6.07) is 13.6. The predicted octanol–water partition coefficient (Wildman–Crippen LogP) is 4.49. The van der Waals surface area contributed by atoms with E-state index < -0.39 is 0 Å². The topological polar surface area (TPSA) is 50.8 Å². The van der Waals surface area contributed by atoms with Gasteiger partial charge in [0.05, 0.1) is 7.11 Å². The highest BCUT2D eigenvalue weighted by molar-refractivity contribution is 6.31. The Bertz CT molecular complexity index is 854. The van der Waals surface area contributed by atoms with E-state index in [0.717, 1.165) is 48.0 Å². The molecule has 3 rings (SSSR count). The molecule has 162 valence electrons. The van der Waals surface area contributed by atoms with Crippen molar-refractivity contribution >= 4 is 17.5 Å². The van der Waals surface area contributed by atoms with Crippen LogP contribution in [0.2, 0.25) is 5.02 Å². The van der Waals surface area contributed by atoms with Gasteiger partial charge < -0.3 is 19.7 Å². The molecule has 5 nitrogen and oxygen atoms in total. The summed E-state index contributed by atoms with van der Waals surface area (Å²) in [6.45, 7) is 8.25. The molecule has 0 bridgehead atoms. The van der Waals surface area contributed by atoms with Crippen molar-refractivity contribution in [2.45, 2.75) is 32.7 Å². The van der Waals surface area contributed by atoms with Gasteiger partial charge in [-0.05, 0) is 54.8 Å². The summed E-state index contributed by atoms with van der Waals surface area (Å²) in [6.07, 6.45) is 0.845. The Hall–Kier alpha value is -2.24. The van der Waals surface area contributed by atoms with Gasteiger partial charge in [0.1, 0.15) is 6.61 Å². The maximum Gasteiger partial charge on any atom is 0.224 e. The molecular weight excluding hydrogens is 400 g/mol. The van der Waals surface area contributed by atoms with Gasteiger partial charge in [-0.1, -0.05) is 49.7 Å². The van der Waals surface area contributed by atoms with E-state index in [1.807, 2.05) is 42.5 Å². The summed E-state index contributed by atoms with van der Waals surface area (Å²) < 4.78 is 11.4. The lowest BCUT2D eigenvalue weighted by atomic mass is 10.1. The zero-order valence-corrected chi connectivity index (χ0v) is 18.7. The standard InChI is InChI=1S/C24H31ClN2O3/c1-4-27(5-2)12-13-30-22-11-10-17(14-23(22)29-3)16-26-24(28)20-15-19(20)18-8-6-7-9-21(18)25/h6-11,14,19-20H,4-5,12-13,15-16H2,1-3H3,(H,26,28). The van der Waals surface area contributed by atoms with Gasteiger partial charge in [-0.15, -0.1) is 0 Å². The molecule has 1 amide bonds. The molecule has 1 fully saturated rings. The minimum absolute atomic E-state index is 0.00511. The third kappa shape index (κ3) is 5.67. The highest BCUT2D eigenvalue weighted by atomic mass is 35.5. The molecule has 1 aliphatic carbocycles. The monoisotopic (exact) mass is 430 g/mol. The molecule has 0 aliphatic heterocycles. The van der Waals surface area contributed by atoms with Crippen molar-refractivity contribution in [2.24, 2.45) is 5.92 Å². The molecule has 0 spiro atoms. The number of amides is 1. The van der Waals surface area contributed by atoms with Crippen LogP contribution in [0.3, 0.4) is 0 Å². The van der Waals surface area contributed by atoms with Gasteiger partial charge in [0.25, 0.3) is 0 Å². The average molecular weight is 431 g/mol. The number of benzene rings is 2. The molecule has 1 aliphatic rings.